The van der Waals surface area contributed by atoms with Gasteiger partial charge in [0, 0.05) is 18.4 Å². The Morgan fingerprint density at radius 3 is 2.63 bits per heavy atom. The minimum Gasteiger partial charge on any atom is -0.462 e. The van der Waals surface area contributed by atoms with Crippen molar-refractivity contribution in [1.82, 2.24) is 14.0 Å². The van der Waals surface area contributed by atoms with Crippen molar-refractivity contribution in [2.24, 2.45) is 4.99 Å². The van der Waals surface area contributed by atoms with E-state index < -0.39 is 11.9 Å². The molecule has 3 aromatic heterocycles. The summed E-state index contributed by atoms with van der Waals surface area (Å²) in [6.45, 7) is 8.48. The minimum atomic E-state index is -0.670. The quantitative estimate of drug-likeness (QED) is 0.297. The average molecular weight is 515 g/mol. The Bertz CT molecular complexity index is 1710. The molecule has 196 valence electrons. The van der Waals surface area contributed by atoms with E-state index >= 15 is 0 Å². The summed E-state index contributed by atoms with van der Waals surface area (Å²) >= 11 is 0. The van der Waals surface area contributed by atoms with E-state index in [-0.39, 0.29) is 41.3 Å². The molecule has 9 nitrogen and oxygen atoms in total. The molecule has 0 N–H and O–H groups in total. The van der Waals surface area contributed by atoms with Crippen molar-refractivity contribution in [1.29, 1.82) is 0 Å². The van der Waals surface area contributed by atoms with E-state index in [4.69, 9.17) is 14.5 Å². The maximum Gasteiger partial charge on any atom is 0.341 e. The van der Waals surface area contributed by atoms with Crippen molar-refractivity contribution >= 4 is 28.6 Å². The van der Waals surface area contributed by atoms with Crippen LogP contribution in [-0.2, 0) is 16.0 Å². The number of benzene rings is 1. The summed E-state index contributed by atoms with van der Waals surface area (Å²) in [4.78, 5) is 49.5. The number of carbonyl (C=O) groups is 2. The molecule has 1 saturated heterocycles. The molecule has 0 spiro atoms. The molecule has 38 heavy (non-hydrogen) atoms. The Labute approximate surface area is 219 Å². The molecule has 9 heteroatoms. The molecule has 0 radical (unpaired) electrons. The van der Waals surface area contributed by atoms with Gasteiger partial charge in [0.15, 0.2) is 5.49 Å². The van der Waals surface area contributed by atoms with Crippen LogP contribution in [0.1, 0.15) is 57.2 Å². The van der Waals surface area contributed by atoms with E-state index in [0.29, 0.717) is 23.5 Å². The lowest BCUT2D eigenvalue weighted by Crippen LogP contribution is -2.35. The first-order chi connectivity index (χ1) is 18.3. The zero-order chi connectivity index (χ0) is 27.0. The Kier molecular flexibility index (Phi) is 6.94. The van der Waals surface area contributed by atoms with Gasteiger partial charge in [-0.1, -0.05) is 12.1 Å². The van der Waals surface area contributed by atoms with E-state index in [1.165, 1.54) is 10.5 Å². The van der Waals surface area contributed by atoms with Gasteiger partial charge in [0.2, 0.25) is 0 Å². The largest absolute Gasteiger partial charge is 0.462 e. The van der Waals surface area contributed by atoms with Gasteiger partial charge in [0.25, 0.3) is 11.5 Å². The molecular weight excluding hydrogens is 484 g/mol. The smallest absolute Gasteiger partial charge is 0.341 e. The first-order valence-corrected chi connectivity index (χ1v) is 12.8. The molecule has 1 atom stereocenters. The maximum atomic E-state index is 13.6. The predicted octanol–water partition coefficient (Wildman–Crippen LogP) is 3.67. The van der Waals surface area contributed by atoms with Gasteiger partial charge in [-0.3, -0.25) is 14.0 Å². The summed E-state index contributed by atoms with van der Waals surface area (Å²) in [6.07, 6.45) is 3.16. The molecule has 0 saturated carbocycles. The molecule has 4 heterocycles. The predicted molar refractivity (Wildman–Crippen MR) is 142 cm³/mol. The molecule has 5 rings (SSSR count). The maximum absolute atomic E-state index is 13.6. The highest BCUT2D eigenvalue weighted by Crippen LogP contribution is 2.18. The fourth-order valence-electron chi connectivity index (χ4n) is 4.77. The third kappa shape index (κ3) is 4.65. The second kappa shape index (κ2) is 10.3. The number of carbonyl (C=O) groups excluding carboxylic acids is 2. The zero-order valence-electron chi connectivity index (χ0n) is 22.0. The summed E-state index contributed by atoms with van der Waals surface area (Å²) in [6, 6.07) is 10.4. The standard InChI is InChI=1S/C29H30N4O5/c1-5-37-29(36)23-15-22-25(30-24-18(3)8-6-12-32(24)28(22)35)33(16-21-9-7-13-38-21)26(23)31-27(34)20-11-10-17(2)19(4)14-20/h6,8,10-12,14-15,21H,5,7,9,13,16H2,1-4H3/t21-/m0/s1. The number of ether oxygens (including phenoxy) is 2. The molecule has 1 fully saturated rings. The van der Waals surface area contributed by atoms with Crippen molar-refractivity contribution in [3.8, 4) is 0 Å². The third-order valence-corrected chi connectivity index (χ3v) is 6.97. The third-order valence-electron chi connectivity index (χ3n) is 6.97. The molecule has 0 bridgehead atoms. The molecule has 1 aromatic carbocycles. The van der Waals surface area contributed by atoms with Crippen LogP contribution >= 0.6 is 0 Å². The molecule has 4 aromatic rings. The van der Waals surface area contributed by atoms with E-state index in [1.807, 2.05) is 32.9 Å². The number of hydrogen-bond donors (Lipinski definition) is 0. The summed E-state index contributed by atoms with van der Waals surface area (Å²) in [5, 5.41) is 0.228. The number of fused-ring (bicyclic) bond motifs is 2. The zero-order valence-corrected chi connectivity index (χ0v) is 22.0. The van der Waals surface area contributed by atoms with Crippen LogP contribution in [0.5, 0.6) is 0 Å². The SMILES string of the molecule is CCOC(=O)c1cc2c(=O)n3cccc(C)c3nc2n(C[C@@H]2CCCO2)c1=NC(=O)c1ccc(C)c(C)c1. The molecular formula is C29H30N4O5. The monoisotopic (exact) mass is 514 g/mol. The Morgan fingerprint density at radius 1 is 1.11 bits per heavy atom. The highest BCUT2D eigenvalue weighted by Gasteiger charge is 2.24. The van der Waals surface area contributed by atoms with Gasteiger partial charge in [0.05, 0.1) is 24.6 Å². The van der Waals surface area contributed by atoms with Gasteiger partial charge < -0.3 is 14.0 Å². The van der Waals surface area contributed by atoms with E-state index in [9.17, 15) is 14.4 Å². The first-order valence-electron chi connectivity index (χ1n) is 12.8. The number of aromatic nitrogens is 3. The molecule has 0 unspecified atom stereocenters. The number of amides is 1. The fourth-order valence-corrected chi connectivity index (χ4v) is 4.77. The van der Waals surface area contributed by atoms with Gasteiger partial charge in [-0.05, 0) is 81.5 Å². The average Bonchev–Trinajstić information content (AvgIpc) is 3.41. The lowest BCUT2D eigenvalue weighted by atomic mass is 10.1. The fraction of sp³-hybridized carbons (Fsp3) is 0.345. The van der Waals surface area contributed by atoms with Crippen LogP contribution < -0.4 is 11.0 Å². The highest BCUT2D eigenvalue weighted by molar-refractivity contribution is 5.97. The second-order valence-electron chi connectivity index (χ2n) is 9.60. The molecule has 0 aliphatic carbocycles. The van der Waals surface area contributed by atoms with Crippen LogP contribution in [0.4, 0.5) is 0 Å². The van der Waals surface area contributed by atoms with Crippen molar-refractivity contribution < 1.29 is 19.1 Å². The van der Waals surface area contributed by atoms with E-state index in [1.54, 1.807) is 35.9 Å². The highest BCUT2D eigenvalue weighted by atomic mass is 16.5. The van der Waals surface area contributed by atoms with Gasteiger partial charge >= 0.3 is 5.97 Å². The Morgan fingerprint density at radius 2 is 1.92 bits per heavy atom. The summed E-state index contributed by atoms with van der Waals surface area (Å²) in [5.74, 6) is -1.18. The van der Waals surface area contributed by atoms with Crippen LogP contribution in [0.3, 0.4) is 0 Å². The van der Waals surface area contributed by atoms with Crippen LogP contribution in [0.2, 0.25) is 0 Å². The van der Waals surface area contributed by atoms with Gasteiger partial charge in [-0.25, -0.2) is 9.78 Å². The number of esters is 1. The molecule has 1 aliphatic heterocycles. The normalized spacial score (nSPS) is 15.9. The van der Waals surface area contributed by atoms with Gasteiger partial charge in [-0.15, -0.1) is 0 Å². The molecule has 1 amide bonds. The van der Waals surface area contributed by atoms with E-state index in [2.05, 4.69) is 4.99 Å². The van der Waals surface area contributed by atoms with Crippen LogP contribution in [0.25, 0.3) is 16.7 Å². The number of hydrogen-bond acceptors (Lipinski definition) is 6. The number of rotatable bonds is 5. The van der Waals surface area contributed by atoms with Crippen LogP contribution in [0.15, 0.2) is 52.4 Å². The van der Waals surface area contributed by atoms with Crippen molar-refractivity contribution in [3.63, 3.8) is 0 Å². The summed E-state index contributed by atoms with van der Waals surface area (Å²) < 4.78 is 14.4. The second-order valence-corrected chi connectivity index (χ2v) is 9.60. The lowest BCUT2D eigenvalue weighted by Gasteiger charge is -2.18. The van der Waals surface area contributed by atoms with Crippen LogP contribution in [-0.4, -0.2) is 45.1 Å². The van der Waals surface area contributed by atoms with E-state index in [0.717, 1.165) is 29.5 Å². The number of nitrogens with zero attached hydrogens (tertiary/aromatic N) is 4. The minimum absolute atomic E-state index is 0.0287. The topological polar surface area (TPSA) is 104 Å². The van der Waals surface area contributed by atoms with Crippen LogP contribution in [0, 0.1) is 20.8 Å². The summed E-state index contributed by atoms with van der Waals surface area (Å²) in [5.41, 5.74) is 3.84. The Balaban J connectivity index is 1.87. The van der Waals surface area contributed by atoms with Crippen molar-refractivity contribution in [2.45, 2.75) is 53.2 Å². The van der Waals surface area contributed by atoms with Gasteiger partial charge in [0.1, 0.15) is 16.9 Å². The summed E-state index contributed by atoms with van der Waals surface area (Å²) in [7, 11) is 0. The van der Waals surface area contributed by atoms with Crippen molar-refractivity contribution in [2.75, 3.05) is 13.2 Å². The number of aryl methyl sites for hydroxylation is 3. The molecule has 1 aliphatic rings. The van der Waals surface area contributed by atoms with Crippen molar-refractivity contribution in [3.05, 3.63) is 86.3 Å². The van der Waals surface area contributed by atoms with Gasteiger partial charge in [-0.2, -0.15) is 4.99 Å². The Hall–Kier alpha value is -4.11. The first kappa shape index (κ1) is 25.5. The number of pyridine rings is 2. The lowest BCUT2D eigenvalue weighted by molar-refractivity contribution is 0.0521.